The van der Waals surface area contributed by atoms with Crippen molar-refractivity contribution in [3.63, 3.8) is 0 Å². The number of rotatable bonds is 8. The van der Waals surface area contributed by atoms with E-state index in [4.69, 9.17) is 33.7 Å². The lowest BCUT2D eigenvalue weighted by atomic mass is 10.0. The summed E-state index contributed by atoms with van der Waals surface area (Å²) < 4.78 is 5.21. The van der Waals surface area contributed by atoms with Crippen LogP contribution >= 0.6 is 23.2 Å². The topological polar surface area (TPSA) is 38.5 Å². The molecule has 0 spiro atoms. The Kier molecular flexibility index (Phi) is 7.85. The molecule has 2 unspecified atom stereocenters. The lowest BCUT2D eigenvalue weighted by molar-refractivity contribution is 0.0903. The first-order valence-corrected chi connectivity index (χ1v) is 7.71. The maximum absolute atomic E-state index is 6.35. The molecule has 0 heterocycles. The monoisotopic (exact) mass is 318 g/mol. The van der Waals surface area contributed by atoms with Gasteiger partial charge in [-0.15, -0.1) is 0 Å². The third-order valence-electron chi connectivity index (χ3n) is 3.67. The fraction of sp³-hybridized carbons (Fsp3) is 0.600. The largest absolute Gasteiger partial charge is 0.383 e. The van der Waals surface area contributed by atoms with E-state index in [0.717, 1.165) is 18.5 Å². The summed E-state index contributed by atoms with van der Waals surface area (Å²) >= 11 is 12.5. The van der Waals surface area contributed by atoms with E-state index in [1.807, 2.05) is 12.1 Å². The van der Waals surface area contributed by atoms with Crippen LogP contribution < -0.4 is 5.73 Å². The van der Waals surface area contributed by atoms with Crippen molar-refractivity contribution in [2.24, 2.45) is 5.73 Å². The molecule has 0 aromatic heterocycles. The minimum Gasteiger partial charge on any atom is -0.383 e. The predicted octanol–water partition coefficient (Wildman–Crippen LogP) is 3.74. The predicted molar refractivity (Wildman–Crippen MR) is 86.6 cm³/mol. The summed E-state index contributed by atoms with van der Waals surface area (Å²) in [4.78, 5) is 2.33. The van der Waals surface area contributed by atoms with Crippen LogP contribution in [-0.4, -0.2) is 37.7 Å². The molecule has 0 fully saturated rings. The normalized spacial score (nSPS) is 14.6. The Bertz CT molecular complexity index is 415. The minimum absolute atomic E-state index is 0.0475. The summed E-state index contributed by atoms with van der Waals surface area (Å²) in [6.07, 6.45) is 1.04. The summed E-state index contributed by atoms with van der Waals surface area (Å²) in [5.74, 6) is 0. The van der Waals surface area contributed by atoms with E-state index >= 15 is 0 Å². The van der Waals surface area contributed by atoms with Gasteiger partial charge in [-0.2, -0.15) is 0 Å². The van der Waals surface area contributed by atoms with E-state index in [1.165, 1.54) is 0 Å². The van der Waals surface area contributed by atoms with Crippen molar-refractivity contribution in [3.05, 3.63) is 33.8 Å². The second-order valence-electron chi connectivity index (χ2n) is 4.88. The molecule has 5 heteroatoms. The quantitative estimate of drug-likeness (QED) is 0.793. The minimum atomic E-state index is 0.0475. The van der Waals surface area contributed by atoms with Gasteiger partial charge in [-0.25, -0.2) is 0 Å². The lowest BCUT2D eigenvalue weighted by Crippen LogP contribution is -2.41. The van der Waals surface area contributed by atoms with Gasteiger partial charge in [0.15, 0.2) is 0 Å². The maximum atomic E-state index is 6.35. The molecule has 0 aliphatic carbocycles. The first kappa shape index (κ1) is 17.7. The summed E-state index contributed by atoms with van der Waals surface area (Å²) in [5.41, 5.74) is 6.99. The van der Waals surface area contributed by atoms with Crippen LogP contribution in [0.3, 0.4) is 0 Å². The zero-order valence-corrected chi connectivity index (χ0v) is 13.9. The number of halogens is 2. The highest BCUT2D eigenvalue weighted by molar-refractivity contribution is 6.42. The Morgan fingerprint density at radius 2 is 2.05 bits per heavy atom. The molecule has 0 bridgehead atoms. The smallest absolute Gasteiger partial charge is 0.0640 e. The van der Waals surface area contributed by atoms with Crippen LogP contribution in [0.25, 0.3) is 0 Å². The second-order valence-corrected chi connectivity index (χ2v) is 5.67. The summed E-state index contributed by atoms with van der Waals surface area (Å²) in [6.45, 7) is 6.33. The van der Waals surface area contributed by atoms with Crippen LogP contribution in [0, 0.1) is 0 Å². The van der Waals surface area contributed by atoms with Crippen molar-refractivity contribution in [3.8, 4) is 0 Å². The average Bonchev–Trinajstić information content (AvgIpc) is 2.46. The highest BCUT2D eigenvalue weighted by Gasteiger charge is 2.25. The molecule has 1 aromatic carbocycles. The molecule has 0 amide bonds. The van der Waals surface area contributed by atoms with E-state index in [2.05, 4.69) is 18.7 Å². The van der Waals surface area contributed by atoms with Crippen LogP contribution in [0.4, 0.5) is 0 Å². The third kappa shape index (κ3) is 4.34. The van der Waals surface area contributed by atoms with Crippen molar-refractivity contribution in [1.82, 2.24) is 4.90 Å². The number of nitrogens with zero attached hydrogens (tertiary/aromatic N) is 1. The molecule has 1 aromatic rings. The average molecular weight is 319 g/mol. The molecule has 0 aliphatic rings. The highest BCUT2D eigenvalue weighted by atomic mass is 35.5. The third-order valence-corrected chi connectivity index (χ3v) is 4.51. The van der Waals surface area contributed by atoms with Gasteiger partial charge in [0.25, 0.3) is 0 Å². The van der Waals surface area contributed by atoms with Gasteiger partial charge in [0.2, 0.25) is 0 Å². The number of benzene rings is 1. The Morgan fingerprint density at radius 3 is 2.60 bits per heavy atom. The summed E-state index contributed by atoms with van der Waals surface area (Å²) in [6, 6.07) is 6.15. The Morgan fingerprint density at radius 1 is 1.35 bits per heavy atom. The SMILES string of the molecule is CCC(C)N(CCOC)C(CN)c1cccc(Cl)c1Cl. The Labute approximate surface area is 132 Å². The zero-order chi connectivity index (χ0) is 15.1. The van der Waals surface area contributed by atoms with Gasteiger partial charge in [0.05, 0.1) is 16.7 Å². The van der Waals surface area contributed by atoms with Crippen LogP contribution in [0.15, 0.2) is 18.2 Å². The van der Waals surface area contributed by atoms with Crippen LogP contribution in [0.2, 0.25) is 10.0 Å². The molecule has 1 rings (SSSR count). The van der Waals surface area contributed by atoms with E-state index in [1.54, 1.807) is 13.2 Å². The lowest BCUT2D eigenvalue weighted by Gasteiger charge is -2.36. The fourth-order valence-corrected chi connectivity index (χ4v) is 2.77. The van der Waals surface area contributed by atoms with Gasteiger partial charge >= 0.3 is 0 Å². The first-order chi connectivity index (χ1) is 9.56. The maximum Gasteiger partial charge on any atom is 0.0640 e. The molecule has 20 heavy (non-hydrogen) atoms. The molecule has 3 nitrogen and oxygen atoms in total. The number of hydrogen-bond donors (Lipinski definition) is 1. The number of ether oxygens (including phenoxy) is 1. The molecular formula is C15H24Cl2N2O. The van der Waals surface area contributed by atoms with Crippen molar-refractivity contribution >= 4 is 23.2 Å². The highest BCUT2D eigenvalue weighted by Crippen LogP contribution is 2.33. The number of hydrogen-bond acceptors (Lipinski definition) is 3. The fourth-order valence-electron chi connectivity index (χ4n) is 2.33. The molecule has 0 saturated carbocycles. The van der Waals surface area contributed by atoms with Crippen molar-refractivity contribution < 1.29 is 4.74 Å². The number of nitrogens with two attached hydrogens (primary N) is 1. The van der Waals surface area contributed by atoms with E-state index in [9.17, 15) is 0 Å². The van der Waals surface area contributed by atoms with Gasteiger partial charge in [0, 0.05) is 32.3 Å². The van der Waals surface area contributed by atoms with Crippen LogP contribution in [-0.2, 0) is 4.74 Å². The summed E-state index contributed by atoms with van der Waals surface area (Å²) in [5, 5.41) is 1.16. The Hall–Kier alpha value is -0.320. The van der Waals surface area contributed by atoms with Gasteiger partial charge in [-0.3, -0.25) is 4.90 Å². The molecule has 2 atom stereocenters. The second kappa shape index (κ2) is 8.85. The molecule has 0 saturated heterocycles. The van der Waals surface area contributed by atoms with Gasteiger partial charge in [0.1, 0.15) is 0 Å². The van der Waals surface area contributed by atoms with Crippen LogP contribution in [0.5, 0.6) is 0 Å². The Balaban J connectivity index is 3.08. The molecule has 0 aliphatic heterocycles. The van der Waals surface area contributed by atoms with E-state index in [-0.39, 0.29) is 6.04 Å². The standard InChI is InChI=1S/C15H24Cl2N2O/c1-4-11(2)19(8-9-20-3)14(10-18)12-6-5-7-13(16)15(12)17/h5-7,11,14H,4,8-10,18H2,1-3H3. The zero-order valence-electron chi connectivity index (χ0n) is 12.4. The van der Waals surface area contributed by atoms with Crippen molar-refractivity contribution in [2.75, 3.05) is 26.8 Å². The molecule has 0 radical (unpaired) electrons. The van der Waals surface area contributed by atoms with Crippen molar-refractivity contribution in [1.29, 1.82) is 0 Å². The molecule has 114 valence electrons. The van der Waals surface area contributed by atoms with Gasteiger partial charge in [-0.05, 0) is 25.0 Å². The van der Waals surface area contributed by atoms with Crippen molar-refractivity contribution in [2.45, 2.75) is 32.4 Å². The first-order valence-electron chi connectivity index (χ1n) is 6.95. The summed E-state index contributed by atoms with van der Waals surface area (Å²) in [7, 11) is 1.71. The van der Waals surface area contributed by atoms with Gasteiger partial charge in [-0.1, -0.05) is 42.3 Å². The number of methoxy groups -OCH3 is 1. The molecule has 2 N–H and O–H groups in total. The van der Waals surface area contributed by atoms with E-state index in [0.29, 0.717) is 29.2 Å². The van der Waals surface area contributed by atoms with Gasteiger partial charge < -0.3 is 10.5 Å². The molecular weight excluding hydrogens is 295 g/mol. The van der Waals surface area contributed by atoms with E-state index < -0.39 is 0 Å². The van der Waals surface area contributed by atoms with Crippen LogP contribution in [0.1, 0.15) is 31.9 Å².